The maximum absolute atomic E-state index is 11.8. The summed E-state index contributed by atoms with van der Waals surface area (Å²) in [5, 5.41) is 12.0. The molecular formula is C12H24N2O3. The number of nitrogens with zero attached hydrogens (tertiary/aromatic N) is 1. The fourth-order valence-electron chi connectivity index (χ4n) is 1.44. The van der Waals surface area contributed by atoms with Crippen molar-refractivity contribution in [3.63, 3.8) is 0 Å². The lowest BCUT2D eigenvalue weighted by molar-refractivity contribution is -0.143. The van der Waals surface area contributed by atoms with Gasteiger partial charge in [-0.3, -0.25) is 9.59 Å². The van der Waals surface area contributed by atoms with Crippen LogP contribution in [0, 0.1) is 5.92 Å². The Kier molecular flexibility index (Phi) is 7.54. The Balaban J connectivity index is 4.08. The highest BCUT2D eigenvalue weighted by atomic mass is 16.4. The van der Waals surface area contributed by atoms with Crippen LogP contribution in [-0.2, 0) is 9.59 Å². The third-order valence-corrected chi connectivity index (χ3v) is 2.54. The lowest BCUT2D eigenvalue weighted by Gasteiger charge is -2.23. The molecule has 0 aromatic carbocycles. The first-order valence-electron chi connectivity index (χ1n) is 6.12. The summed E-state index contributed by atoms with van der Waals surface area (Å²) in [6.07, 6.45) is 0.415. The summed E-state index contributed by atoms with van der Waals surface area (Å²) in [7, 11) is 0. The summed E-state index contributed by atoms with van der Waals surface area (Å²) >= 11 is 0. The van der Waals surface area contributed by atoms with Crippen molar-refractivity contribution in [1.29, 1.82) is 0 Å². The van der Waals surface area contributed by atoms with Crippen LogP contribution in [0.5, 0.6) is 0 Å². The molecule has 0 saturated heterocycles. The third-order valence-electron chi connectivity index (χ3n) is 2.54. The number of carbonyl (C=O) groups is 2. The minimum absolute atomic E-state index is 0.00810. The van der Waals surface area contributed by atoms with Gasteiger partial charge in [0, 0.05) is 32.1 Å². The van der Waals surface area contributed by atoms with Crippen LogP contribution in [0.4, 0.5) is 0 Å². The fourth-order valence-corrected chi connectivity index (χ4v) is 1.44. The first-order valence-corrected chi connectivity index (χ1v) is 6.12. The highest BCUT2D eigenvalue weighted by Gasteiger charge is 2.18. The van der Waals surface area contributed by atoms with Crippen molar-refractivity contribution in [1.82, 2.24) is 10.2 Å². The smallest absolute Gasteiger partial charge is 0.308 e. The van der Waals surface area contributed by atoms with Crippen molar-refractivity contribution < 1.29 is 14.7 Å². The average Bonchev–Trinajstić information content (AvgIpc) is 2.24. The Bertz CT molecular complexity index is 254. The molecule has 0 aliphatic rings. The van der Waals surface area contributed by atoms with Crippen LogP contribution in [0.2, 0.25) is 0 Å². The molecule has 1 amide bonds. The zero-order chi connectivity index (χ0) is 13.4. The topological polar surface area (TPSA) is 69.6 Å². The van der Waals surface area contributed by atoms with Crippen LogP contribution < -0.4 is 5.32 Å². The molecule has 5 nitrogen and oxygen atoms in total. The Morgan fingerprint density at radius 1 is 1.29 bits per heavy atom. The first kappa shape index (κ1) is 15.9. The molecule has 5 heteroatoms. The van der Waals surface area contributed by atoms with Gasteiger partial charge in [0.15, 0.2) is 0 Å². The van der Waals surface area contributed by atoms with Gasteiger partial charge in [0.2, 0.25) is 5.91 Å². The van der Waals surface area contributed by atoms with Gasteiger partial charge >= 0.3 is 5.97 Å². The number of amides is 1. The third kappa shape index (κ3) is 6.94. The summed E-state index contributed by atoms with van der Waals surface area (Å²) in [6, 6.07) is 0.357. The summed E-state index contributed by atoms with van der Waals surface area (Å²) in [6.45, 7) is 9.00. The summed E-state index contributed by atoms with van der Waals surface area (Å²) in [5.74, 6) is -1.37. The molecule has 1 atom stereocenters. The fraction of sp³-hybridized carbons (Fsp3) is 0.833. The van der Waals surface area contributed by atoms with E-state index < -0.39 is 11.9 Å². The lowest BCUT2D eigenvalue weighted by Crippen LogP contribution is -2.38. The van der Waals surface area contributed by atoms with Gasteiger partial charge in [-0.15, -0.1) is 0 Å². The number of hydrogen-bond donors (Lipinski definition) is 2. The number of carboxylic acid groups (broad SMARTS) is 1. The second kappa shape index (κ2) is 8.06. The first-order chi connectivity index (χ1) is 7.88. The standard InChI is InChI=1S/C12H24N2O3/c1-5-14(8-10(4)12(16)17)11(15)6-7-13-9(2)3/h9-10,13H,5-8H2,1-4H3,(H,16,17). The number of hydrogen-bond acceptors (Lipinski definition) is 3. The molecule has 0 saturated carbocycles. The molecule has 0 aromatic rings. The highest BCUT2D eigenvalue weighted by Crippen LogP contribution is 2.02. The van der Waals surface area contributed by atoms with Gasteiger partial charge in [0.25, 0.3) is 0 Å². The van der Waals surface area contributed by atoms with Gasteiger partial charge in [-0.05, 0) is 6.92 Å². The predicted molar refractivity (Wildman–Crippen MR) is 66.8 cm³/mol. The molecule has 100 valence electrons. The molecule has 0 aliphatic carbocycles. The van der Waals surface area contributed by atoms with Crippen LogP contribution in [0.25, 0.3) is 0 Å². The SMILES string of the molecule is CCN(CC(C)C(=O)O)C(=O)CCNC(C)C. The van der Waals surface area contributed by atoms with Crippen LogP contribution in [0.15, 0.2) is 0 Å². The van der Waals surface area contributed by atoms with Crippen molar-refractivity contribution in [2.45, 2.75) is 40.2 Å². The van der Waals surface area contributed by atoms with Crippen molar-refractivity contribution in [2.75, 3.05) is 19.6 Å². The molecule has 0 radical (unpaired) electrons. The van der Waals surface area contributed by atoms with E-state index in [0.717, 1.165) is 0 Å². The van der Waals surface area contributed by atoms with Gasteiger partial charge in [-0.25, -0.2) is 0 Å². The van der Waals surface area contributed by atoms with Gasteiger partial charge in [-0.1, -0.05) is 20.8 Å². The van der Waals surface area contributed by atoms with E-state index in [2.05, 4.69) is 5.32 Å². The molecule has 17 heavy (non-hydrogen) atoms. The maximum atomic E-state index is 11.8. The van der Waals surface area contributed by atoms with E-state index in [4.69, 9.17) is 5.11 Å². The van der Waals surface area contributed by atoms with E-state index in [-0.39, 0.29) is 12.5 Å². The quantitative estimate of drug-likeness (QED) is 0.667. The number of rotatable bonds is 8. The maximum Gasteiger partial charge on any atom is 0.308 e. The highest BCUT2D eigenvalue weighted by molar-refractivity contribution is 5.77. The van der Waals surface area contributed by atoms with E-state index in [1.165, 1.54) is 0 Å². The van der Waals surface area contributed by atoms with E-state index in [1.54, 1.807) is 11.8 Å². The lowest BCUT2D eigenvalue weighted by atomic mass is 10.1. The Morgan fingerprint density at radius 3 is 2.29 bits per heavy atom. The molecule has 0 bridgehead atoms. The predicted octanol–water partition coefficient (Wildman–Crippen LogP) is 0.944. The molecule has 0 rings (SSSR count). The summed E-state index contributed by atoms with van der Waals surface area (Å²) < 4.78 is 0. The van der Waals surface area contributed by atoms with Crippen molar-refractivity contribution in [3.8, 4) is 0 Å². The van der Waals surface area contributed by atoms with Crippen LogP contribution in [-0.4, -0.2) is 47.6 Å². The molecule has 0 aromatic heterocycles. The molecule has 1 unspecified atom stereocenters. The van der Waals surface area contributed by atoms with Crippen molar-refractivity contribution >= 4 is 11.9 Å². The zero-order valence-corrected chi connectivity index (χ0v) is 11.2. The Labute approximate surface area is 103 Å². The van der Waals surface area contributed by atoms with Crippen LogP contribution in [0.3, 0.4) is 0 Å². The minimum atomic E-state index is -0.864. The minimum Gasteiger partial charge on any atom is -0.481 e. The van der Waals surface area contributed by atoms with Gasteiger partial charge in [0.05, 0.1) is 5.92 Å². The largest absolute Gasteiger partial charge is 0.481 e. The Morgan fingerprint density at radius 2 is 1.88 bits per heavy atom. The van der Waals surface area contributed by atoms with E-state index in [0.29, 0.717) is 25.6 Å². The average molecular weight is 244 g/mol. The van der Waals surface area contributed by atoms with E-state index >= 15 is 0 Å². The second-order valence-electron chi connectivity index (χ2n) is 4.53. The van der Waals surface area contributed by atoms with Crippen LogP contribution in [0.1, 0.15) is 34.1 Å². The van der Waals surface area contributed by atoms with Gasteiger partial charge in [-0.2, -0.15) is 0 Å². The number of aliphatic carboxylic acids is 1. The molecule has 0 heterocycles. The molecule has 0 aliphatic heterocycles. The molecule has 2 N–H and O–H groups in total. The van der Waals surface area contributed by atoms with Crippen molar-refractivity contribution in [3.05, 3.63) is 0 Å². The number of carboxylic acids is 1. The molecular weight excluding hydrogens is 220 g/mol. The van der Waals surface area contributed by atoms with Gasteiger partial charge in [0.1, 0.15) is 0 Å². The molecule has 0 spiro atoms. The van der Waals surface area contributed by atoms with Gasteiger partial charge < -0.3 is 15.3 Å². The molecule has 0 fully saturated rings. The monoisotopic (exact) mass is 244 g/mol. The van der Waals surface area contributed by atoms with Crippen LogP contribution >= 0.6 is 0 Å². The normalized spacial score (nSPS) is 12.5. The number of carbonyl (C=O) groups excluding carboxylic acids is 1. The summed E-state index contributed by atoms with van der Waals surface area (Å²) in [5.41, 5.74) is 0. The number of nitrogens with one attached hydrogen (secondary N) is 1. The Hall–Kier alpha value is -1.10. The second-order valence-corrected chi connectivity index (χ2v) is 4.53. The van der Waals surface area contributed by atoms with Crippen molar-refractivity contribution in [2.24, 2.45) is 5.92 Å². The summed E-state index contributed by atoms with van der Waals surface area (Å²) in [4.78, 5) is 24.1. The zero-order valence-electron chi connectivity index (χ0n) is 11.2. The van der Waals surface area contributed by atoms with E-state index in [1.807, 2.05) is 20.8 Å². The van der Waals surface area contributed by atoms with E-state index in [9.17, 15) is 9.59 Å².